The highest BCUT2D eigenvalue weighted by molar-refractivity contribution is 5.98. The first kappa shape index (κ1) is 11.4. The summed E-state index contributed by atoms with van der Waals surface area (Å²) in [6, 6.07) is 4.77. The van der Waals surface area contributed by atoms with Gasteiger partial charge in [0.25, 0.3) is 0 Å². The molecule has 0 aliphatic carbocycles. The molecule has 0 unspecified atom stereocenters. The van der Waals surface area contributed by atoms with Gasteiger partial charge in [0.1, 0.15) is 0 Å². The maximum atomic E-state index is 11.6. The zero-order valence-electron chi connectivity index (χ0n) is 9.68. The van der Waals surface area contributed by atoms with E-state index in [0.717, 1.165) is 11.3 Å². The molecule has 1 atom stereocenters. The smallest absolute Gasteiger partial charge is 0.335 e. The summed E-state index contributed by atoms with van der Waals surface area (Å²) in [5.41, 5.74) is 1.75. The lowest BCUT2D eigenvalue weighted by atomic mass is 10.0. The molecule has 17 heavy (non-hydrogen) atoms. The number of carbonyl (C=O) groups is 2. The fourth-order valence-corrected chi connectivity index (χ4v) is 2.05. The average molecular weight is 231 g/mol. The summed E-state index contributed by atoms with van der Waals surface area (Å²) in [4.78, 5) is 24.1. The predicted molar refractivity (Wildman–Crippen MR) is 65.1 cm³/mol. The number of anilines is 1. The van der Waals surface area contributed by atoms with Crippen LogP contribution in [0.5, 0.6) is 0 Å². The van der Waals surface area contributed by atoms with E-state index in [2.05, 4.69) is 0 Å². The van der Waals surface area contributed by atoms with E-state index < -0.39 is 5.97 Å². The summed E-state index contributed by atoms with van der Waals surface area (Å²) in [6.07, 6.45) is 3.74. The summed E-state index contributed by atoms with van der Waals surface area (Å²) in [5.74, 6) is -1.01. The number of amides is 1. The Morgan fingerprint density at radius 3 is 2.65 bits per heavy atom. The zero-order valence-corrected chi connectivity index (χ0v) is 9.68. The lowest BCUT2D eigenvalue weighted by Gasteiger charge is -2.31. The molecular weight excluding hydrogens is 218 g/mol. The molecule has 0 bridgehead atoms. The summed E-state index contributed by atoms with van der Waals surface area (Å²) in [7, 11) is 0. The highest BCUT2D eigenvalue weighted by atomic mass is 16.4. The van der Waals surface area contributed by atoms with Crippen molar-refractivity contribution in [2.75, 3.05) is 4.90 Å². The van der Waals surface area contributed by atoms with E-state index in [-0.39, 0.29) is 17.5 Å². The second kappa shape index (κ2) is 4.05. The summed E-state index contributed by atoms with van der Waals surface area (Å²) >= 11 is 0. The van der Waals surface area contributed by atoms with Crippen molar-refractivity contribution in [2.45, 2.75) is 19.9 Å². The molecule has 1 N–H and O–H groups in total. The van der Waals surface area contributed by atoms with E-state index in [9.17, 15) is 9.59 Å². The van der Waals surface area contributed by atoms with E-state index in [1.165, 1.54) is 13.0 Å². The summed E-state index contributed by atoms with van der Waals surface area (Å²) in [6.45, 7) is 3.43. The Kier molecular flexibility index (Phi) is 2.71. The van der Waals surface area contributed by atoms with Gasteiger partial charge in [-0.25, -0.2) is 4.79 Å². The third kappa shape index (κ3) is 1.93. The molecule has 4 heteroatoms. The van der Waals surface area contributed by atoms with Crippen molar-refractivity contribution in [1.82, 2.24) is 0 Å². The quantitative estimate of drug-likeness (QED) is 0.805. The molecule has 0 saturated heterocycles. The normalized spacial score (nSPS) is 17.8. The number of carboxylic acids is 1. The molecule has 4 nitrogen and oxygen atoms in total. The second-order valence-corrected chi connectivity index (χ2v) is 4.07. The minimum atomic E-state index is -0.964. The van der Waals surface area contributed by atoms with Gasteiger partial charge in [-0.2, -0.15) is 0 Å². The minimum absolute atomic E-state index is 0.00400. The van der Waals surface area contributed by atoms with Crippen LogP contribution >= 0.6 is 0 Å². The molecule has 1 aliphatic heterocycles. The Labute approximate surface area is 99.2 Å². The van der Waals surface area contributed by atoms with Crippen LogP contribution in [0, 0.1) is 0 Å². The second-order valence-electron chi connectivity index (χ2n) is 4.07. The number of hydrogen-bond donors (Lipinski definition) is 1. The number of carboxylic acid groups (broad SMARTS) is 1. The van der Waals surface area contributed by atoms with Crippen molar-refractivity contribution in [1.29, 1.82) is 0 Å². The lowest BCUT2D eigenvalue weighted by Crippen LogP contribution is -2.37. The molecule has 1 aromatic carbocycles. The van der Waals surface area contributed by atoms with Crippen LogP contribution in [0.25, 0.3) is 6.08 Å². The Morgan fingerprint density at radius 1 is 1.35 bits per heavy atom. The molecule has 88 valence electrons. The van der Waals surface area contributed by atoms with E-state index in [1.54, 1.807) is 17.0 Å². The fraction of sp³-hybridized carbons (Fsp3) is 0.231. The Balaban J connectivity index is 2.53. The maximum absolute atomic E-state index is 11.6. The van der Waals surface area contributed by atoms with Gasteiger partial charge in [0.2, 0.25) is 5.91 Å². The molecule has 1 heterocycles. The SMILES string of the molecule is CC(=O)N1c2ccc(C(=O)O)cc2C=C[C@@H]1C. The molecule has 1 amide bonds. The van der Waals surface area contributed by atoms with E-state index >= 15 is 0 Å². The van der Waals surface area contributed by atoms with Crippen LogP contribution in [-0.2, 0) is 4.79 Å². The van der Waals surface area contributed by atoms with Crippen LogP contribution < -0.4 is 4.90 Å². The third-order valence-corrected chi connectivity index (χ3v) is 2.83. The fourth-order valence-electron chi connectivity index (χ4n) is 2.05. The number of carbonyl (C=O) groups excluding carboxylic acids is 1. The van der Waals surface area contributed by atoms with Gasteiger partial charge >= 0.3 is 5.97 Å². The van der Waals surface area contributed by atoms with Crippen molar-refractivity contribution < 1.29 is 14.7 Å². The topological polar surface area (TPSA) is 57.6 Å². The minimum Gasteiger partial charge on any atom is -0.478 e. The predicted octanol–water partition coefficient (Wildman–Crippen LogP) is 2.15. The van der Waals surface area contributed by atoms with E-state index in [4.69, 9.17) is 5.11 Å². The highest BCUT2D eigenvalue weighted by Crippen LogP contribution is 2.29. The number of hydrogen-bond acceptors (Lipinski definition) is 2. The van der Waals surface area contributed by atoms with Crippen molar-refractivity contribution in [3.63, 3.8) is 0 Å². The van der Waals surface area contributed by atoms with Crippen LogP contribution in [0.2, 0.25) is 0 Å². The largest absolute Gasteiger partial charge is 0.478 e. The van der Waals surface area contributed by atoms with Gasteiger partial charge in [-0.15, -0.1) is 0 Å². The number of benzene rings is 1. The van der Waals surface area contributed by atoms with Crippen LogP contribution in [0.1, 0.15) is 29.8 Å². The van der Waals surface area contributed by atoms with Crippen molar-refractivity contribution in [3.05, 3.63) is 35.4 Å². The van der Waals surface area contributed by atoms with Crippen molar-refractivity contribution in [2.24, 2.45) is 0 Å². The Bertz CT molecular complexity index is 519. The van der Waals surface area contributed by atoms with Crippen LogP contribution in [-0.4, -0.2) is 23.0 Å². The summed E-state index contributed by atoms with van der Waals surface area (Å²) < 4.78 is 0. The van der Waals surface area contributed by atoms with Gasteiger partial charge in [-0.1, -0.05) is 12.2 Å². The van der Waals surface area contributed by atoms with Gasteiger partial charge in [-0.05, 0) is 30.7 Å². The molecular formula is C13H13NO3. The molecule has 0 saturated carbocycles. The van der Waals surface area contributed by atoms with Gasteiger partial charge in [0, 0.05) is 6.92 Å². The zero-order chi connectivity index (χ0) is 12.6. The summed E-state index contributed by atoms with van der Waals surface area (Å²) in [5, 5.41) is 8.91. The first-order valence-electron chi connectivity index (χ1n) is 5.36. The number of fused-ring (bicyclic) bond motifs is 1. The van der Waals surface area contributed by atoms with Gasteiger partial charge in [0.15, 0.2) is 0 Å². The lowest BCUT2D eigenvalue weighted by molar-refractivity contribution is -0.116. The monoisotopic (exact) mass is 231 g/mol. The van der Waals surface area contributed by atoms with Crippen LogP contribution in [0.3, 0.4) is 0 Å². The highest BCUT2D eigenvalue weighted by Gasteiger charge is 2.23. The molecule has 1 aliphatic rings. The molecule has 0 aromatic heterocycles. The standard InChI is InChI=1S/C13H13NO3/c1-8-3-4-10-7-11(13(16)17)5-6-12(10)14(8)9(2)15/h3-8H,1-2H3,(H,16,17)/t8-/m0/s1. The molecule has 0 fully saturated rings. The Hall–Kier alpha value is -2.10. The molecule has 2 rings (SSSR count). The number of aromatic carboxylic acids is 1. The Morgan fingerprint density at radius 2 is 2.06 bits per heavy atom. The van der Waals surface area contributed by atoms with E-state index in [0.29, 0.717) is 0 Å². The molecule has 0 radical (unpaired) electrons. The maximum Gasteiger partial charge on any atom is 0.335 e. The molecule has 0 spiro atoms. The average Bonchev–Trinajstić information content (AvgIpc) is 2.27. The van der Waals surface area contributed by atoms with Crippen LogP contribution in [0.15, 0.2) is 24.3 Å². The van der Waals surface area contributed by atoms with Gasteiger partial charge in [0.05, 0.1) is 17.3 Å². The number of nitrogens with zero attached hydrogens (tertiary/aromatic N) is 1. The van der Waals surface area contributed by atoms with Gasteiger partial charge < -0.3 is 10.0 Å². The first-order chi connectivity index (χ1) is 8.00. The van der Waals surface area contributed by atoms with Gasteiger partial charge in [-0.3, -0.25) is 4.79 Å². The molecule has 1 aromatic rings. The number of rotatable bonds is 1. The van der Waals surface area contributed by atoms with Crippen LogP contribution in [0.4, 0.5) is 5.69 Å². The third-order valence-electron chi connectivity index (χ3n) is 2.83. The first-order valence-corrected chi connectivity index (χ1v) is 5.36. The van der Waals surface area contributed by atoms with Crippen molar-refractivity contribution >= 4 is 23.6 Å². The van der Waals surface area contributed by atoms with Crippen molar-refractivity contribution in [3.8, 4) is 0 Å². The van der Waals surface area contributed by atoms with E-state index in [1.807, 2.05) is 19.1 Å².